The second kappa shape index (κ2) is 4.65. The Hall–Kier alpha value is -1.71. The van der Waals surface area contributed by atoms with Gasteiger partial charge in [-0.15, -0.1) is 0 Å². The second-order valence-electron chi connectivity index (χ2n) is 4.63. The van der Waals surface area contributed by atoms with E-state index in [9.17, 15) is 4.79 Å². The summed E-state index contributed by atoms with van der Waals surface area (Å²) in [6.45, 7) is 4.44. The maximum Gasteiger partial charge on any atom is 0.410 e. The Labute approximate surface area is 101 Å². The number of amides is 1. The minimum absolute atomic E-state index is 0.0900. The highest BCUT2D eigenvalue weighted by Crippen LogP contribution is 2.22. The maximum atomic E-state index is 11.6. The minimum Gasteiger partial charge on any atom is -0.447 e. The summed E-state index contributed by atoms with van der Waals surface area (Å²) in [5.41, 5.74) is 7.76. The van der Waals surface area contributed by atoms with Gasteiger partial charge in [0.05, 0.1) is 6.04 Å². The summed E-state index contributed by atoms with van der Waals surface area (Å²) in [6, 6.07) is 7.99. The predicted molar refractivity (Wildman–Crippen MR) is 66.7 cm³/mol. The standard InChI is InChI=1S/C13H18N2O2/c1-9(2)15-11(8-17-13(15)16)7-10-5-3-4-6-12(10)14/h3-6,9,11H,7-8,14H2,1-2H3. The molecule has 0 aliphatic carbocycles. The van der Waals surface area contributed by atoms with Crippen LogP contribution in [-0.2, 0) is 11.2 Å². The molecule has 1 aromatic rings. The lowest BCUT2D eigenvalue weighted by molar-refractivity contribution is 0.149. The van der Waals surface area contributed by atoms with Crippen LogP contribution in [0.4, 0.5) is 10.5 Å². The normalized spacial score (nSPS) is 19.8. The number of nitrogen functional groups attached to an aromatic ring is 1. The highest BCUT2D eigenvalue weighted by atomic mass is 16.6. The van der Waals surface area contributed by atoms with Gasteiger partial charge in [-0.2, -0.15) is 0 Å². The molecule has 0 aromatic heterocycles. The summed E-state index contributed by atoms with van der Waals surface area (Å²) in [6.07, 6.45) is 0.524. The zero-order chi connectivity index (χ0) is 12.4. The predicted octanol–water partition coefficient (Wildman–Crippen LogP) is 2.04. The van der Waals surface area contributed by atoms with Crippen molar-refractivity contribution >= 4 is 11.8 Å². The Bertz CT molecular complexity index is 418. The first-order valence-corrected chi connectivity index (χ1v) is 5.88. The molecule has 1 amide bonds. The molecule has 1 saturated heterocycles. The number of cyclic esters (lactones) is 1. The number of ether oxygens (including phenoxy) is 1. The lowest BCUT2D eigenvalue weighted by atomic mass is 10.0. The van der Waals surface area contributed by atoms with Crippen molar-refractivity contribution in [2.45, 2.75) is 32.4 Å². The van der Waals surface area contributed by atoms with Gasteiger partial charge >= 0.3 is 6.09 Å². The number of rotatable bonds is 3. The second-order valence-corrected chi connectivity index (χ2v) is 4.63. The summed E-state index contributed by atoms with van der Waals surface area (Å²) in [5.74, 6) is 0. The molecule has 17 heavy (non-hydrogen) atoms. The minimum atomic E-state index is -0.223. The summed E-state index contributed by atoms with van der Waals surface area (Å²) in [7, 11) is 0. The van der Waals surface area contributed by atoms with Gasteiger partial charge in [0.2, 0.25) is 0 Å². The monoisotopic (exact) mass is 234 g/mol. The number of anilines is 1. The Balaban J connectivity index is 2.14. The Morgan fingerprint density at radius 1 is 1.47 bits per heavy atom. The summed E-state index contributed by atoms with van der Waals surface area (Å²) < 4.78 is 5.10. The number of hydrogen-bond donors (Lipinski definition) is 1. The van der Waals surface area contributed by atoms with E-state index < -0.39 is 0 Å². The third kappa shape index (κ3) is 2.35. The van der Waals surface area contributed by atoms with E-state index in [2.05, 4.69) is 0 Å². The molecule has 0 bridgehead atoms. The van der Waals surface area contributed by atoms with Crippen LogP contribution in [0.2, 0.25) is 0 Å². The van der Waals surface area contributed by atoms with Crippen molar-refractivity contribution in [3.63, 3.8) is 0 Å². The Kier molecular flexibility index (Phi) is 3.22. The molecule has 92 valence electrons. The number of para-hydroxylation sites is 1. The number of nitrogens with two attached hydrogens (primary N) is 1. The van der Waals surface area contributed by atoms with Gasteiger partial charge in [0.15, 0.2) is 0 Å². The van der Waals surface area contributed by atoms with Crippen molar-refractivity contribution < 1.29 is 9.53 Å². The van der Waals surface area contributed by atoms with Crippen LogP contribution in [0.25, 0.3) is 0 Å². The molecule has 0 spiro atoms. The number of hydrogen-bond acceptors (Lipinski definition) is 3. The van der Waals surface area contributed by atoms with Gasteiger partial charge in [0, 0.05) is 11.7 Å². The van der Waals surface area contributed by atoms with Gasteiger partial charge in [0.25, 0.3) is 0 Å². The van der Waals surface area contributed by atoms with Crippen molar-refractivity contribution in [3.8, 4) is 0 Å². The molecule has 1 fully saturated rings. The molecule has 1 aromatic carbocycles. The summed E-state index contributed by atoms with van der Waals surface area (Å²) in [5, 5.41) is 0. The van der Waals surface area contributed by atoms with Gasteiger partial charge in [-0.25, -0.2) is 4.79 Å². The molecule has 1 unspecified atom stereocenters. The van der Waals surface area contributed by atoms with Gasteiger partial charge < -0.3 is 10.5 Å². The molecule has 0 saturated carbocycles. The highest BCUT2D eigenvalue weighted by Gasteiger charge is 2.34. The van der Waals surface area contributed by atoms with Crippen molar-refractivity contribution in [2.75, 3.05) is 12.3 Å². The van der Waals surface area contributed by atoms with Crippen LogP contribution in [0.3, 0.4) is 0 Å². The van der Waals surface area contributed by atoms with E-state index in [4.69, 9.17) is 10.5 Å². The molecular weight excluding hydrogens is 216 g/mol. The van der Waals surface area contributed by atoms with E-state index in [0.29, 0.717) is 6.61 Å². The topological polar surface area (TPSA) is 55.6 Å². The SMILES string of the molecule is CC(C)N1C(=O)OCC1Cc1ccccc1N. The van der Waals surface area contributed by atoms with Gasteiger partial charge in [-0.3, -0.25) is 4.90 Å². The smallest absolute Gasteiger partial charge is 0.410 e. The summed E-state index contributed by atoms with van der Waals surface area (Å²) >= 11 is 0. The van der Waals surface area contributed by atoms with E-state index >= 15 is 0 Å². The third-order valence-electron chi connectivity index (χ3n) is 3.07. The molecule has 0 radical (unpaired) electrons. The molecule has 1 aliphatic rings. The zero-order valence-electron chi connectivity index (χ0n) is 10.2. The van der Waals surface area contributed by atoms with Crippen LogP contribution in [0.15, 0.2) is 24.3 Å². The largest absolute Gasteiger partial charge is 0.447 e. The van der Waals surface area contributed by atoms with Crippen LogP contribution in [0.1, 0.15) is 19.4 Å². The van der Waals surface area contributed by atoms with Crippen molar-refractivity contribution in [3.05, 3.63) is 29.8 Å². The molecule has 1 aliphatic heterocycles. The van der Waals surface area contributed by atoms with E-state index in [-0.39, 0.29) is 18.2 Å². The summed E-state index contributed by atoms with van der Waals surface area (Å²) in [4.78, 5) is 13.4. The number of nitrogens with zero attached hydrogens (tertiary/aromatic N) is 1. The van der Waals surface area contributed by atoms with Crippen LogP contribution in [-0.4, -0.2) is 29.7 Å². The van der Waals surface area contributed by atoms with E-state index in [0.717, 1.165) is 17.7 Å². The Morgan fingerprint density at radius 2 is 2.18 bits per heavy atom. The number of carbonyl (C=O) groups is 1. The fourth-order valence-electron chi connectivity index (χ4n) is 2.24. The highest BCUT2D eigenvalue weighted by molar-refractivity contribution is 5.70. The number of carbonyl (C=O) groups excluding carboxylic acids is 1. The van der Waals surface area contributed by atoms with Crippen molar-refractivity contribution in [2.24, 2.45) is 0 Å². The average Bonchev–Trinajstić information content (AvgIpc) is 2.63. The lowest BCUT2D eigenvalue weighted by Gasteiger charge is -2.25. The van der Waals surface area contributed by atoms with Crippen LogP contribution < -0.4 is 5.73 Å². The Morgan fingerprint density at radius 3 is 2.82 bits per heavy atom. The number of benzene rings is 1. The van der Waals surface area contributed by atoms with E-state index in [1.54, 1.807) is 4.90 Å². The third-order valence-corrected chi connectivity index (χ3v) is 3.07. The molecular formula is C13H18N2O2. The molecule has 1 heterocycles. The molecule has 1 atom stereocenters. The lowest BCUT2D eigenvalue weighted by Crippen LogP contribution is -2.40. The average molecular weight is 234 g/mol. The molecule has 2 rings (SSSR count). The van der Waals surface area contributed by atoms with Crippen LogP contribution >= 0.6 is 0 Å². The molecule has 2 N–H and O–H groups in total. The fraction of sp³-hybridized carbons (Fsp3) is 0.462. The van der Waals surface area contributed by atoms with Crippen molar-refractivity contribution in [1.82, 2.24) is 4.90 Å². The van der Waals surface area contributed by atoms with Crippen LogP contribution in [0.5, 0.6) is 0 Å². The van der Waals surface area contributed by atoms with E-state index in [1.807, 2.05) is 38.1 Å². The van der Waals surface area contributed by atoms with Crippen LogP contribution in [0, 0.1) is 0 Å². The molecule has 4 nitrogen and oxygen atoms in total. The fourth-order valence-corrected chi connectivity index (χ4v) is 2.24. The quantitative estimate of drug-likeness (QED) is 0.814. The first-order valence-electron chi connectivity index (χ1n) is 5.88. The zero-order valence-corrected chi connectivity index (χ0v) is 10.2. The van der Waals surface area contributed by atoms with Gasteiger partial charge in [0.1, 0.15) is 6.61 Å². The first-order chi connectivity index (χ1) is 8.09. The van der Waals surface area contributed by atoms with Crippen molar-refractivity contribution in [1.29, 1.82) is 0 Å². The molecule has 4 heteroatoms. The van der Waals surface area contributed by atoms with Gasteiger partial charge in [-0.05, 0) is 31.9 Å². The van der Waals surface area contributed by atoms with Gasteiger partial charge in [-0.1, -0.05) is 18.2 Å². The maximum absolute atomic E-state index is 11.6. The van der Waals surface area contributed by atoms with E-state index in [1.165, 1.54) is 0 Å². The first kappa shape index (κ1) is 11.8.